The van der Waals surface area contributed by atoms with Crippen LogP contribution >= 0.6 is 0 Å². The molecule has 1 aliphatic carbocycles. The van der Waals surface area contributed by atoms with Crippen LogP contribution in [0.2, 0.25) is 0 Å². The van der Waals surface area contributed by atoms with E-state index in [1.54, 1.807) is 7.11 Å². The molecule has 1 saturated carbocycles. The van der Waals surface area contributed by atoms with E-state index < -0.39 is 0 Å². The van der Waals surface area contributed by atoms with Crippen molar-refractivity contribution < 1.29 is 9.13 Å². The van der Waals surface area contributed by atoms with Crippen molar-refractivity contribution in [1.29, 1.82) is 0 Å². The molecule has 1 saturated heterocycles. The van der Waals surface area contributed by atoms with Crippen molar-refractivity contribution in [3.8, 4) is 5.75 Å². The minimum Gasteiger partial charge on any atom is -0.497 e. The van der Waals surface area contributed by atoms with E-state index in [1.165, 1.54) is 38.2 Å². The van der Waals surface area contributed by atoms with Crippen molar-refractivity contribution in [2.24, 2.45) is 0 Å². The molecule has 0 amide bonds. The molecule has 0 radical (unpaired) electrons. The lowest BCUT2D eigenvalue weighted by Gasteiger charge is -2.46. The van der Waals surface area contributed by atoms with Gasteiger partial charge in [-0.15, -0.1) is 0 Å². The molecule has 21 heavy (non-hydrogen) atoms. The lowest BCUT2D eigenvalue weighted by Crippen LogP contribution is -2.60. The molecule has 1 heterocycles. The quantitative estimate of drug-likeness (QED) is 0.927. The van der Waals surface area contributed by atoms with E-state index >= 15 is 0 Å². The van der Waals surface area contributed by atoms with E-state index in [4.69, 9.17) is 4.74 Å². The maximum atomic E-state index is 14.1. The van der Waals surface area contributed by atoms with Gasteiger partial charge in [-0.05, 0) is 18.9 Å². The Morgan fingerprint density at radius 3 is 2.81 bits per heavy atom. The molecule has 1 aromatic carbocycles. The highest BCUT2D eigenvalue weighted by molar-refractivity contribution is 5.29. The van der Waals surface area contributed by atoms with Crippen molar-refractivity contribution >= 4 is 0 Å². The van der Waals surface area contributed by atoms with E-state index in [0.29, 0.717) is 12.3 Å². The summed E-state index contributed by atoms with van der Waals surface area (Å²) in [6, 6.07) is 5.18. The van der Waals surface area contributed by atoms with Gasteiger partial charge in [-0.2, -0.15) is 0 Å². The SMILES string of the molecule is COc1ccc(CN2CCNC3(CCCCC3)C2)c(F)c1. The normalized spacial score (nSPS) is 22.4. The standard InChI is InChI=1S/C17H25FN2O/c1-21-15-6-5-14(16(18)11-15)12-20-10-9-19-17(13-20)7-3-2-4-8-17/h5-6,11,19H,2-4,7-10,12-13H2,1H3. The Balaban J connectivity index is 1.67. The second kappa shape index (κ2) is 6.32. The maximum Gasteiger partial charge on any atom is 0.131 e. The van der Waals surface area contributed by atoms with Crippen LogP contribution in [0.25, 0.3) is 0 Å². The molecule has 1 aliphatic heterocycles. The van der Waals surface area contributed by atoms with Crippen LogP contribution in [0.3, 0.4) is 0 Å². The summed E-state index contributed by atoms with van der Waals surface area (Å²) in [7, 11) is 1.57. The highest BCUT2D eigenvalue weighted by Gasteiger charge is 2.36. The summed E-state index contributed by atoms with van der Waals surface area (Å²) in [5.74, 6) is 0.422. The molecule has 116 valence electrons. The fourth-order valence-corrected chi connectivity index (χ4v) is 3.76. The third-order valence-corrected chi connectivity index (χ3v) is 4.92. The molecule has 3 nitrogen and oxygen atoms in total. The lowest BCUT2D eigenvalue weighted by atomic mass is 9.80. The van der Waals surface area contributed by atoms with E-state index in [0.717, 1.165) is 25.2 Å². The number of benzene rings is 1. The average Bonchev–Trinajstić information content (AvgIpc) is 2.50. The van der Waals surface area contributed by atoms with Gasteiger partial charge in [0.25, 0.3) is 0 Å². The van der Waals surface area contributed by atoms with Gasteiger partial charge in [-0.25, -0.2) is 4.39 Å². The highest BCUT2D eigenvalue weighted by atomic mass is 19.1. The number of hydrogen-bond donors (Lipinski definition) is 1. The molecule has 0 unspecified atom stereocenters. The van der Waals surface area contributed by atoms with Gasteiger partial charge < -0.3 is 10.1 Å². The summed E-state index contributed by atoms with van der Waals surface area (Å²) in [6.07, 6.45) is 6.51. The van der Waals surface area contributed by atoms with Crippen LogP contribution < -0.4 is 10.1 Å². The first-order valence-corrected chi connectivity index (χ1v) is 8.01. The molecular formula is C17H25FN2O. The van der Waals surface area contributed by atoms with E-state index in [-0.39, 0.29) is 11.4 Å². The Hall–Kier alpha value is -1.13. The summed E-state index contributed by atoms with van der Waals surface area (Å²) in [5, 5.41) is 3.73. The topological polar surface area (TPSA) is 24.5 Å². The molecule has 4 heteroatoms. The first-order chi connectivity index (χ1) is 10.2. The van der Waals surface area contributed by atoms with Crippen molar-refractivity contribution in [2.45, 2.75) is 44.2 Å². The Kier molecular flexibility index (Phi) is 4.45. The fraction of sp³-hybridized carbons (Fsp3) is 0.647. The van der Waals surface area contributed by atoms with E-state index in [9.17, 15) is 4.39 Å². The van der Waals surface area contributed by atoms with Crippen LogP contribution in [-0.4, -0.2) is 37.2 Å². The molecule has 2 aliphatic rings. The number of hydrogen-bond acceptors (Lipinski definition) is 3. The maximum absolute atomic E-state index is 14.1. The van der Waals surface area contributed by atoms with Crippen molar-refractivity contribution in [3.05, 3.63) is 29.6 Å². The number of piperazine rings is 1. The van der Waals surface area contributed by atoms with Gasteiger partial charge in [0.1, 0.15) is 11.6 Å². The van der Waals surface area contributed by atoms with Gasteiger partial charge in [0.15, 0.2) is 0 Å². The van der Waals surface area contributed by atoms with Gasteiger partial charge in [0.05, 0.1) is 7.11 Å². The smallest absolute Gasteiger partial charge is 0.131 e. The largest absolute Gasteiger partial charge is 0.497 e. The van der Waals surface area contributed by atoms with Crippen molar-refractivity contribution in [1.82, 2.24) is 10.2 Å². The molecule has 0 bridgehead atoms. The first-order valence-electron chi connectivity index (χ1n) is 8.01. The zero-order valence-electron chi connectivity index (χ0n) is 12.8. The summed E-state index contributed by atoms with van der Waals surface area (Å²) < 4.78 is 19.2. The molecular weight excluding hydrogens is 267 g/mol. The van der Waals surface area contributed by atoms with Crippen molar-refractivity contribution in [2.75, 3.05) is 26.7 Å². The minimum absolute atomic E-state index is 0.162. The second-order valence-corrected chi connectivity index (χ2v) is 6.44. The summed E-state index contributed by atoms with van der Waals surface area (Å²) in [5.41, 5.74) is 1.04. The Labute approximate surface area is 126 Å². The predicted octanol–water partition coefficient (Wildman–Crippen LogP) is 2.94. The van der Waals surface area contributed by atoms with E-state index in [1.807, 2.05) is 12.1 Å². The van der Waals surface area contributed by atoms with Gasteiger partial charge in [-0.3, -0.25) is 4.90 Å². The summed E-state index contributed by atoms with van der Waals surface area (Å²) in [4.78, 5) is 2.40. The van der Waals surface area contributed by atoms with E-state index in [2.05, 4.69) is 10.2 Å². The monoisotopic (exact) mass is 292 g/mol. The average molecular weight is 292 g/mol. The molecule has 1 N–H and O–H groups in total. The Morgan fingerprint density at radius 1 is 1.29 bits per heavy atom. The number of nitrogens with one attached hydrogen (secondary N) is 1. The third-order valence-electron chi connectivity index (χ3n) is 4.92. The number of methoxy groups -OCH3 is 1. The summed E-state index contributed by atoms with van der Waals surface area (Å²) >= 11 is 0. The molecule has 1 aromatic rings. The second-order valence-electron chi connectivity index (χ2n) is 6.44. The van der Waals surface area contributed by atoms with Crippen molar-refractivity contribution in [3.63, 3.8) is 0 Å². The lowest BCUT2D eigenvalue weighted by molar-refractivity contribution is 0.0937. The molecule has 1 spiro atoms. The first kappa shape index (κ1) is 14.8. The van der Waals surface area contributed by atoms with Crippen LogP contribution in [-0.2, 0) is 6.54 Å². The van der Waals surface area contributed by atoms with Gasteiger partial charge in [-0.1, -0.05) is 25.3 Å². The fourth-order valence-electron chi connectivity index (χ4n) is 3.76. The van der Waals surface area contributed by atoms with Crippen LogP contribution in [0.4, 0.5) is 4.39 Å². The number of nitrogens with zero attached hydrogens (tertiary/aromatic N) is 1. The van der Waals surface area contributed by atoms with Gasteiger partial charge in [0, 0.05) is 43.3 Å². The zero-order valence-corrected chi connectivity index (χ0v) is 12.8. The third kappa shape index (κ3) is 3.38. The molecule has 0 aromatic heterocycles. The Bertz CT molecular complexity index is 480. The number of ether oxygens (including phenoxy) is 1. The number of halogens is 1. The van der Waals surface area contributed by atoms with Crippen LogP contribution in [0.1, 0.15) is 37.7 Å². The Morgan fingerprint density at radius 2 is 2.10 bits per heavy atom. The molecule has 0 atom stereocenters. The van der Waals surface area contributed by atoms with Crippen LogP contribution in [0, 0.1) is 5.82 Å². The predicted molar refractivity (Wildman–Crippen MR) is 82.0 cm³/mol. The van der Waals surface area contributed by atoms with Gasteiger partial charge >= 0.3 is 0 Å². The van der Waals surface area contributed by atoms with Crippen LogP contribution in [0.15, 0.2) is 18.2 Å². The molecule has 3 rings (SSSR count). The zero-order chi connectivity index (χ0) is 14.7. The van der Waals surface area contributed by atoms with Gasteiger partial charge in [0.2, 0.25) is 0 Å². The highest BCUT2D eigenvalue weighted by Crippen LogP contribution is 2.31. The summed E-state index contributed by atoms with van der Waals surface area (Å²) in [6.45, 7) is 3.74. The molecule has 2 fully saturated rings. The van der Waals surface area contributed by atoms with Crippen LogP contribution in [0.5, 0.6) is 5.75 Å². The minimum atomic E-state index is -0.162. The number of rotatable bonds is 3.